The Morgan fingerprint density at radius 3 is 1.89 bits per heavy atom. The van der Waals surface area contributed by atoms with Crippen molar-refractivity contribution < 1.29 is 13.2 Å². The third-order valence-electron chi connectivity index (χ3n) is 4.62. The number of carbonyl (C=O) groups is 1. The van der Waals surface area contributed by atoms with E-state index in [0.717, 1.165) is 11.1 Å². The Morgan fingerprint density at radius 2 is 1.41 bits per heavy atom. The highest BCUT2D eigenvalue weighted by atomic mass is 32.2. The van der Waals surface area contributed by atoms with E-state index in [4.69, 9.17) is 0 Å². The van der Waals surface area contributed by atoms with Crippen molar-refractivity contribution in [3.8, 4) is 0 Å². The molecule has 0 spiro atoms. The lowest BCUT2D eigenvalue weighted by atomic mass is 10.1. The maximum Gasteiger partial charge on any atom is 0.253 e. The molecule has 0 unspecified atom stereocenters. The van der Waals surface area contributed by atoms with E-state index in [2.05, 4.69) is 0 Å². The summed E-state index contributed by atoms with van der Waals surface area (Å²) in [6.45, 7) is 9.61. The maximum absolute atomic E-state index is 12.9. The van der Waals surface area contributed by atoms with Crippen LogP contribution in [0.3, 0.4) is 0 Å². The summed E-state index contributed by atoms with van der Waals surface area (Å²) in [4.78, 5) is 14.4. The Kier molecular flexibility index (Phi) is 7.16. The highest BCUT2D eigenvalue weighted by Crippen LogP contribution is 2.19. The van der Waals surface area contributed by atoms with Crippen molar-refractivity contribution in [2.45, 2.75) is 39.1 Å². The first-order valence-electron chi connectivity index (χ1n) is 9.28. The van der Waals surface area contributed by atoms with E-state index < -0.39 is 10.0 Å². The van der Waals surface area contributed by atoms with Gasteiger partial charge in [0.2, 0.25) is 10.0 Å². The molecule has 0 aromatic heterocycles. The molecule has 146 valence electrons. The molecule has 0 aliphatic carbocycles. The smallest absolute Gasteiger partial charge is 0.253 e. The Morgan fingerprint density at radius 1 is 0.852 bits per heavy atom. The fraction of sp³-hybridized carbons (Fsp3) is 0.381. The lowest BCUT2D eigenvalue weighted by Gasteiger charge is -2.21. The average molecular weight is 389 g/mol. The molecule has 5 nitrogen and oxygen atoms in total. The largest absolute Gasteiger partial charge is 0.339 e. The predicted molar refractivity (Wildman–Crippen MR) is 108 cm³/mol. The molecule has 0 radical (unpaired) electrons. The van der Waals surface area contributed by atoms with Crippen LogP contribution >= 0.6 is 0 Å². The average Bonchev–Trinajstić information content (AvgIpc) is 2.67. The van der Waals surface area contributed by atoms with E-state index in [1.165, 1.54) is 4.31 Å². The summed E-state index contributed by atoms with van der Waals surface area (Å²) in [6, 6.07) is 14.1. The molecule has 2 aromatic rings. The predicted octanol–water partition coefficient (Wildman–Crippen LogP) is 3.69. The molecule has 0 aliphatic heterocycles. The van der Waals surface area contributed by atoms with Gasteiger partial charge in [-0.05, 0) is 50.6 Å². The molecule has 6 heteroatoms. The van der Waals surface area contributed by atoms with Crippen molar-refractivity contribution in [1.82, 2.24) is 9.21 Å². The number of hydrogen-bond acceptors (Lipinski definition) is 3. The van der Waals surface area contributed by atoms with Crippen LogP contribution in [0.4, 0.5) is 0 Å². The first kappa shape index (κ1) is 21.1. The van der Waals surface area contributed by atoms with Gasteiger partial charge in [-0.2, -0.15) is 4.31 Å². The summed E-state index contributed by atoms with van der Waals surface area (Å²) in [6.07, 6.45) is 0. The highest BCUT2D eigenvalue weighted by Gasteiger charge is 2.23. The van der Waals surface area contributed by atoms with Gasteiger partial charge in [-0.25, -0.2) is 8.42 Å². The molecule has 27 heavy (non-hydrogen) atoms. The zero-order valence-corrected chi connectivity index (χ0v) is 17.3. The zero-order valence-electron chi connectivity index (χ0n) is 16.5. The lowest BCUT2D eigenvalue weighted by molar-refractivity contribution is 0.0773. The van der Waals surface area contributed by atoms with E-state index in [0.29, 0.717) is 30.1 Å². The van der Waals surface area contributed by atoms with E-state index in [1.54, 1.807) is 41.3 Å². The molecule has 0 N–H and O–H groups in total. The summed E-state index contributed by atoms with van der Waals surface area (Å²) in [7, 11) is -3.56. The molecule has 2 aromatic carbocycles. The lowest BCUT2D eigenvalue weighted by Crippen LogP contribution is -2.31. The standard InChI is InChI=1S/C21H28N2O3S/c1-5-22(6-2)21(24)19-12-10-18(11-13-19)16-23(7-3)27(25,26)20-14-8-17(4)9-15-20/h8-15H,5-7,16H2,1-4H3. The van der Waals surface area contributed by atoms with E-state index in [1.807, 2.05) is 39.8 Å². The molecule has 1 amide bonds. The SMILES string of the molecule is CCN(CC)C(=O)c1ccc(CN(CC)S(=O)(=O)c2ccc(C)cc2)cc1. The number of nitrogens with zero attached hydrogens (tertiary/aromatic N) is 2. The van der Waals surface area contributed by atoms with Gasteiger partial charge in [0.25, 0.3) is 5.91 Å². The van der Waals surface area contributed by atoms with Crippen LogP contribution < -0.4 is 0 Å². The van der Waals surface area contributed by atoms with Gasteiger partial charge in [0.15, 0.2) is 0 Å². The van der Waals surface area contributed by atoms with Crippen LogP contribution in [0.1, 0.15) is 42.3 Å². The van der Waals surface area contributed by atoms with Gasteiger partial charge < -0.3 is 4.90 Å². The number of amides is 1. The third-order valence-corrected chi connectivity index (χ3v) is 6.56. The molecule has 0 saturated carbocycles. The van der Waals surface area contributed by atoms with Gasteiger partial charge >= 0.3 is 0 Å². The Balaban J connectivity index is 2.19. The third kappa shape index (κ3) is 4.96. The van der Waals surface area contributed by atoms with Crippen LogP contribution in [0, 0.1) is 6.92 Å². The van der Waals surface area contributed by atoms with Crippen molar-refractivity contribution in [2.24, 2.45) is 0 Å². The van der Waals surface area contributed by atoms with Crippen LogP contribution in [-0.2, 0) is 16.6 Å². The molecule has 0 aliphatic rings. The second kappa shape index (κ2) is 9.15. The van der Waals surface area contributed by atoms with Gasteiger partial charge in [-0.15, -0.1) is 0 Å². The van der Waals surface area contributed by atoms with E-state index in [-0.39, 0.29) is 12.5 Å². The van der Waals surface area contributed by atoms with Crippen LogP contribution in [-0.4, -0.2) is 43.2 Å². The fourth-order valence-electron chi connectivity index (χ4n) is 2.88. The summed E-state index contributed by atoms with van der Waals surface area (Å²) >= 11 is 0. The summed E-state index contributed by atoms with van der Waals surface area (Å²) in [5, 5.41) is 0. The molecule has 0 bridgehead atoms. The molecule has 0 heterocycles. The maximum atomic E-state index is 12.9. The monoisotopic (exact) mass is 388 g/mol. The van der Waals surface area contributed by atoms with Crippen molar-refractivity contribution >= 4 is 15.9 Å². The topological polar surface area (TPSA) is 57.7 Å². The first-order chi connectivity index (χ1) is 12.8. The Labute approximate surface area is 162 Å². The first-order valence-corrected chi connectivity index (χ1v) is 10.7. The molecule has 2 rings (SSSR count). The summed E-state index contributed by atoms with van der Waals surface area (Å²) in [5.74, 6) is -0.00817. The van der Waals surface area contributed by atoms with Crippen LogP contribution in [0.2, 0.25) is 0 Å². The number of sulfonamides is 1. The molecular formula is C21H28N2O3S. The Hall–Kier alpha value is -2.18. The highest BCUT2D eigenvalue weighted by molar-refractivity contribution is 7.89. The van der Waals surface area contributed by atoms with Gasteiger partial charge in [0.1, 0.15) is 0 Å². The minimum absolute atomic E-state index is 0.00817. The number of benzene rings is 2. The van der Waals surface area contributed by atoms with E-state index >= 15 is 0 Å². The minimum atomic E-state index is -3.56. The Bertz CT molecular complexity index is 855. The molecular weight excluding hydrogens is 360 g/mol. The van der Waals surface area contributed by atoms with Crippen molar-refractivity contribution in [3.63, 3.8) is 0 Å². The molecule has 0 atom stereocenters. The van der Waals surface area contributed by atoms with Crippen molar-refractivity contribution in [3.05, 3.63) is 65.2 Å². The minimum Gasteiger partial charge on any atom is -0.339 e. The number of carbonyl (C=O) groups excluding carboxylic acids is 1. The zero-order chi connectivity index (χ0) is 20.0. The quantitative estimate of drug-likeness (QED) is 0.693. The number of aryl methyl sites for hydroxylation is 1. The second-order valence-corrected chi connectivity index (χ2v) is 8.36. The van der Waals surface area contributed by atoms with E-state index in [9.17, 15) is 13.2 Å². The van der Waals surface area contributed by atoms with Crippen LogP contribution in [0.25, 0.3) is 0 Å². The number of hydrogen-bond donors (Lipinski definition) is 0. The van der Waals surface area contributed by atoms with Gasteiger partial charge in [0.05, 0.1) is 4.90 Å². The fourth-order valence-corrected chi connectivity index (χ4v) is 4.31. The van der Waals surface area contributed by atoms with Gasteiger partial charge in [0, 0.05) is 31.7 Å². The number of rotatable bonds is 8. The van der Waals surface area contributed by atoms with Crippen molar-refractivity contribution in [2.75, 3.05) is 19.6 Å². The molecule has 0 saturated heterocycles. The molecule has 0 fully saturated rings. The second-order valence-electron chi connectivity index (χ2n) is 6.42. The van der Waals surface area contributed by atoms with Crippen molar-refractivity contribution in [1.29, 1.82) is 0 Å². The summed E-state index contributed by atoms with van der Waals surface area (Å²) in [5.41, 5.74) is 2.49. The van der Waals surface area contributed by atoms with Gasteiger partial charge in [-0.3, -0.25) is 4.79 Å². The van der Waals surface area contributed by atoms with Gasteiger partial charge in [-0.1, -0.05) is 36.8 Å². The summed E-state index contributed by atoms with van der Waals surface area (Å²) < 4.78 is 27.2. The normalized spacial score (nSPS) is 11.6. The van der Waals surface area contributed by atoms with Crippen LogP contribution in [0.15, 0.2) is 53.4 Å². The van der Waals surface area contributed by atoms with Crippen LogP contribution in [0.5, 0.6) is 0 Å².